The molecule has 1 aliphatic rings. The number of nitrogens with zero attached hydrogens (tertiary/aromatic N) is 1. The van der Waals surface area contributed by atoms with Crippen LogP contribution in [-0.2, 0) is 14.3 Å². The second-order valence-electron chi connectivity index (χ2n) is 4.62. The first kappa shape index (κ1) is 13.0. The van der Waals surface area contributed by atoms with Gasteiger partial charge in [-0.15, -0.1) is 0 Å². The first-order valence-corrected chi connectivity index (χ1v) is 5.89. The molecule has 0 radical (unpaired) electrons. The molecule has 1 fully saturated rings. The number of hydrogen-bond donors (Lipinski definition) is 0. The Bertz CT molecular complexity index is 259. The number of hydrogen-bond acceptors (Lipinski definition) is 3. The molecule has 16 heavy (non-hydrogen) atoms. The van der Waals surface area contributed by atoms with Gasteiger partial charge in [-0.05, 0) is 12.8 Å². The standard InChI is InChI=1S/C12H21NO3/c1-9(12(15)16-3)8-13(2)11(14)10-6-4-5-7-10/h9-10H,4-8H2,1-3H3. The molecule has 1 atom stereocenters. The summed E-state index contributed by atoms with van der Waals surface area (Å²) in [4.78, 5) is 24.9. The van der Waals surface area contributed by atoms with Crippen molar-refractivity contribution in [3.8, 4) is 0 Å². The van der Waals surface area contributed by atoms with Crippen LogP contribution >= 0.6 is 0 Å². The summed E-state index contributed by atoms with van der Waals surface area (Å²) in [5.41, 5.74) is 0. The lowest BCUT2D eigenvalue weighted by molar-refractivity contribution is -0.146. The highest BCUT2D eigenvalue weighted by molar-refractivity contribution is 5.80. The van der Waals surface area contributed by atoms with Crippen LogP contribution in [0.3, 0.4) is 0 Å². The number of ether oxygens (including phenoxy) is 1. The molecule has 0 aromatic rings. The topological polar surface area (TPSA) is 46.6 Å². The van der Waals surface area contributed by atoms with Gasteiger partial charge in [-0.25, -0.2) is 0 Å². The molecule has 1 unspecified atom stereocenters. The van der Waals surface area contributed by atoms with Gasteiger partial charge in [0.05, 0.1) is 13.0 Å². The van der Waals surface area contributed by atoms with Crippen LogP contribution in [0.5, 0.6) is 0 Å². The quantitative estimate of drug-likeness (QED) is 0.683. The summed E-state index contributed by atoms with van der Waals surface area (Å²) in [6.45, 7) is 2.23. The molecular formula is C12H21NO3. The van der Waals surface area contributed by atoms with Crippen LogP contribution in [0.2, 0.25) is 0 Å². The van der Waals surface area contributed by atoms with Crippen LogP contribution in [0.15, 0.2) is 0 Å². The van der Waals surface area contributed by atoms with Gasteiger partial charge in [-0.1, -0.05) is 19.8 Å². The number of methoxy groups -OCH3 is 1. The Morgan fingerprint density at radius 1 is 1.38 bits per heavy atom. The molecule has 1 amide bonds. The smallest absolute Gasteiger partial charge is 0.310 e. The van der Waals surface area contributed by atoms with E-state index >= 15 is 0 Å². The highest BCUT2D eigenvalue weighted by Crippen LogP contribution is 2.26. The summed E-state index contributed by atoms with van der Waals surface area (Å²) >= 11 is 0. The third-order valence-electron chi connectivity index (χ3n) is 3.23. The van der Waals surface area contributed by atoms with Gasteiger partial charge in [0.25, 0.3) is 0 Å². The zero-order valence-electron chi connectivity index (χ0n) is 10.4. The zero-order valence-corrected chi connectivity index (χ0v) is 10.4. The van der Waals surface area contributed by atoms with Crippen molar-refractivity contribution in [2.75, 3.05) is 20.7 Å². The predicted molar refractivity (Wildman–Crippen MR) is 60.8 cm³/mol. The van der Waals surface area contributed by atoms with E-state index in [1.54, 1.807) is 18.9 Å². The summed E-state index contributed by atoms with van der Waals surface area (Å²) in [5.74, 6) is -0.158. The van der Waals surface area contributed by atoms with E-state index in [1.165, 1.54) is 7.11 Å². The molecule has 0 spiro atoms. The number of esters is 1. The van der Waals surface area contributed by atoms with Crippen LogP contribution in [0, 0.1) is 11.8 Å². The largest absolute Gasteiger partial charge is 0.469 e. The van der Waals surface area contributed by atoms with Crippen LogP contribution in [0.4, 0.5) is 0 Å². The highest BCUT2D eigenvalue weighted by atomic mass is 16.5. The Kier molecular flexibility index (Phi) is 4.77. The second kappa shape index (κ2) is 5.87. The van der Waals surface area contributed by atoms with Gasteiger partial charge in [-0.2, -0.15) is 0 Å². The number of carbonyl (C=O) groups is 2. The maximum absolute atomic E-state index is 12.0. The van der Waals surface area contributed by atoms with Gasteiger partial charge in [0.2, 0.25) is 5.91 Å². The molecule has 4 heteroatoms. The van der Waals surface area contributed by atoms with Gasteiger partial charge in [0, 0.05) is 19.5 Å². The summed E-state index contributed by atoms with van der Waals surface area (Å²) < 4.78 is 4.64. The fourth-order valence-electron chi connectivity index (χ4n) is 2.26. The van der Waals surface area contributed by atoms with E-state index in [4.69, 9.17) is 0 Å². The number of carbonyl (C=O) groups excluding carboxylic acids is 2. The Morgan fingerprint density at radius 3 is 2.44 bits per heavy atom. The second-order valence-corrected chi connectivity index (χ2v) is 4.62. The molecule has 0 aliphatic heterocycles. The summed E-state index contributed by atoms with van der Waals surface area (Å²) in [6, 6.07) is 0. The Morgan fingerprint density at radius 2 is 1.94 bits per heavy atom. The fraction of sp³-hybridized carbons (Fsp3) is 0.833. The van der Waals surface area contributed by atoms with Gasteiger partial charge in [-0.3, -0.25) is 9.59 Å². The molecule has 0 heterocycles. The summed E-state index contributed by atoms with van der Waals surface area (Å²) in [7, 11) is 3.14. The summed E-state index contributed by atoms with van der Waals surface area (Å²) in [5, 5.41) is 0. The summed E-state index contributed by atoms with van der Waals surface area (Å²) in [6.07, 6.45) is 4.29. The third-order valence-corrected chi connectivity index (χ3v) is 3.23. The average Bonchev–Trinajstić information content (AvgIpc) is 2.79. The van der Waals surface area contributed by atoms with E-state index < -0.39 is 0 Å². The van der Waals surface area contributed by atoms with Crippen molar-refractivity contribution in [3.05, 3.63) is 0 Å². The molecule has 0 bridgehead atoms. The maximum atomic E-state index is 12.0. The number of amides is 1. The molecule has 0 saturated heterocycles. The van der Waals surface area contributed by atoms with Crippen LogP contribution in [0.25, 0.3) is 0 Å². The molecule has 0 N–H and O–H groups in total. The lowest BCUT2D eigenvalue weighted by atomic mass is 10.1. The van der Waals surface area contributed by atoms with E-state index in [-0.39, 0.29) is 23.7 Å². The Hall–Kier alpha value is -1.06. The van der Waals surface area contributed by atoms with Crippen molar-refractivity contribution >= 4 is 11.9 Å². The van der Waals surface area contributed by atoms with E-state index in [9.17, 15) is 9.59 Å². The van der Waals surface area contributed by atoms with Gasteiger partial charge in [0.15, 0.2) is 0 Å². The van der Waals surface area contributed by atoms with Gasteiger partial charge in [0.1, 0.15) is 0 Å². The van der Waals surface area contributed by atoms with E-state index in [2.05, 4.69) is 4.74 Å². The lowest BCUT2D eigenvalue weighted by Crippen LogP contribution is -2.37. The monoisotopic (exact) mass is 227 g/mol. The predicted octanol–water partition coefficient (Wildman–Crippen LogP) is 1.44. The molecule has 1 saturated carbocycles. The van der Waals surface area contributed by atoms with Crippen LogP contribution < -0.4 is 0 Å². The average molecular weight is 227 g/mol. The van der Waals surface area contributed by atoms with E-state index in [0.717, 1.165) is 25.7 Å². The van der Waals surface area contributed by atoms with Crippen molar-refractivity contribution in [2.45, 2.75) is 32.6 Å². The zero-order chi connectivity index (χ0) is 12.1. The third kappa shape index (κ3) is 3.22. The Labute approximate surface area is 96.9 Å². The van der Waals surface area contributed by atoms with Crippen LogP contribution in [-0.4, -0.2) is 37.5 Å². The van der Waals surface area contributed by atoms with Crippen molar-refractivity contribution in [2.24, 2.45) is 11.8 Å². The maximum Gasteiger partial charge on any atom is 0.310 e. The van der Waals surface area contributed by atoms with Gasteiger partial charge >= 0.3 is 5.97 Å². The van der Waals surface area contributed by atoms with Crippen LogP contribution in [0.1, 0.15) is 32.6 Å². The molecule has 0 aromatic heterocycles. The van der Waals surface area contributed by atoms with Crippen molar-refractivity contribution in [3.63, 3.8) is 0 Å². The minimum absolute atomic E-state index is 0.174. The minimum Gasteiger partial charge on any atom is -0.469 e. The number of rotatable bonds is 4. The minimum atomic E-state index is -0.258. The first-order valence-electron chi connectivity index (χ1n) is 5.89. The van der Waals surface area contributed by atoms with Crippen molar-refractivity contribution in [1.82, 2.24) is 4.90 Å². The first-order chi connectivity index (χ1) is 7.56. The molecule has 1 rings (SSSR count). The fourth-order valence-corrected chi connectivity index (χ4v) is 2.26. The molecule has 92 valence electrons. The molecular weight excluding hydrogens is 206 g/mol. The molecule has 1 aliphatic carbocycles. The Balaban J connectivity index is 2.41. The van der Waals surface area contributed by atoms with Crippen molar-refractivity contribution < 1.29 is 14.3 Å². The molecule has 0 aromatic carbocycles. The van der Waals surface area contributed by atoms with Gasteiger partial charge < -0.3 is 9.64 Å². The SMILES string of the molecule is COC(=O)C(C)CN(C)C(=O)C1CCCC1. The van der Waals surface area contributed by atoms with Crippen molar-refractivity contribution in [1.29, 1.82) is 0 Å². The normalized spacial score (nSPS) is 18.2. The highest BCUT2D eigenvalue weighted by Gasteiger charge is 2.27. The van der Waals surface area contributed by atoms with E-state index in [0.29, 0.717) is 6.54 Å². The lowest BCUT2D eigenvalue weighted by Gasteiger charge is -2.23. The van der Waals surface area contributed by atoms with E-state index in [1.807, 2.05) is 0 Å². The molecule has 4 nitrogen and oxygen atoms in total.